The number of amides is 1. The lowest BCUT2D eigenvalue weighted by Crippen LogP contribution is -2.19. The number of aryl methyl sites for hydroxylation is 1. The summed E-state index contributed by atoms with van der Waals surface area (Å²) in [4.78, 5) is 17.5. The molecule has 30 heavy (non-hydrogen) atoms. The predicted molar refractivity (Wildman–Crippen MR) is 125 cm³/mol. The van der Waals surface area contributed by atoms with Crippen LogP contribution in [-0.4, -0.2) is 24.3 Å². The Bertz CT molecular complexity index is 1000. The highest BCUT2D eigenvalue weighted by Crippen LogP contribution is 2.33. The normalized spacial score (nSPS) is 16.4. The van der Waals surface area contributed by atoms with E-state index in [9.17, 15) is 4.79 Å². The fraction of sp³-hybridized carbons (Fsp3) is 0.304. The van der Waals surface area contributed by atoms with E-state index in [4.69, 9.17) is 21.1 Å². The maximum absolute atomic E-state index is 12.4. The molecule has 2 aromatic carbocycles. The van der Waals surface area contributed by atoms with Crippen LogP contribution in [0.2, 0.25) is 5.02 Å². The fourth-order valence-corrected chi connectivity index (χ4v) is 3.70. The predicted octanol–water partition coefficient (Wildman–Crippen LogP) is 5.97. The SMILES string of the molecule is CCOc1cc(/C=C2\SC(=Nc3cc(Cl)ccc3C)NC2=O)ccc1OCC(C)C. The molecule has 1 amide bonds. The summed E-state index contributed by atoms with van der Waals surface area (Å²) < 4.78 is 11.6. The van der Waals surface area contributed by atoms with Crippen LogP contribution in [-0.2, 0) is 4.79 Å². The first-order chi connectivity index (χ1) is 14.4. The second-order valence-corrected chi connectivity index (χ2v) is 8.72. The summed E-state index contributed by atoms with van der Waals surface area (Å²) in [5, 5.41) is 3.94. The van der Waals surface area contributed by atoms with Crippen LogP contribution < -0.4 is 14.8 Å². The Labute approximate surface area is 186 Å². The second-order valence-electron chi connectivity index (χ2n) is 7.26. The summed E-state index contributed by atoms with van der Waals surface area (Å²) in [5.41, 5.74) is 2.57. The van der Waals surface area contributed by atoms with E-state index in [0.717, 1.165) is 16.8 Å². The highest BCUT2D eigenvalue weighted by atomic mass is 35.5. The molecule has 1 aliphatic heterocycles. The first-order valence-electron chi connectivity index (χ1n) is 9.81. The highest BCUT2D eigenvalue weighted by Gasteiger charge is 2.24. The molecule has 1 fully saturated rings. The number of carbonyl (C=O) groups is 1. The summed E-state index contributed by atoms with van der Waals surface area (Å²) in [6.07, 6.45) is 1.82. The number of thioether (sulfide) groups is 1. The third-order valence-corrected chi connectivity index (χ3v) is 5.33. The van der Waals surface area contributed by atoms with Crippen LogP contribution in [0.1, 0.15) is 31.9 Å². The zero-order valence-corrected chi connectivity index (χ0v) is 19.1. The van der Waals surface area contributed by atoms with E-state index >= 15 is 0 Å². The van der Waals surface area contributed by atoms with E-state index in [2.05, 4.69) is 24.2 Å². The number of benzene rings is 2. The molecule has 1 N–H and O–H groups in total. The van der Waals surface area contributed by atoms with Crippen molar-refractivity contribution >= 4 is 46.2 Å². The summed E-state index contributed by atoms with van der Waals surface area (Å²) in [6, 6.07) is 11.2. The molecule has 0 spiro atoms. The molecule has 1 heterocycles. The van der Waals surface area contributed by atoms with Gasteiger partial charge in [-0.05, 0) is 73.0 Å². The van der Waals surface area contributed by atoms with E-state index < -0.39 is 0 Å². The van der Waals surface area contributed by atoms with Gasteiger partial charge in [-0.3, -0.25) is 4.79 Å². The topological polar surface area (TPSA) is 59.9 Å². The summed E-state index contributed by atoms with van der Waals surface area (Å²) in [7, 11) is 0. The second kappa shape index (κ2) is 10.0. The third-order valence-electron chi connectivity index (χ3n) is 4.18. The van der Waals surface area contributed by atoms with E-state index in [-0.39, 0.29) is 5.91 Å². The molecule has 1 saturated heterocycles. The molecule has 0 atom stereocenters. The number of aliphatic imine (C=N–C) groups is 1. The minimum Gasteiger partial charge on any atom is -0.490 e. The van der Waals surface area contributed by atoms with Gasteiger partial charge in [0.1, 0.15) is 0 Å². The quantitative estimate of drug-likeness (QED) is 0.534. The first-order valence-corrected chi connectivity index (χ1v) is 11.0. The van der Waals surface area contributed by atoms with Gasteiger partial charge >= 0.3 is 0 Å². The Kier molecular flexibility index (Phi) is 7.45. The molecule has 3 rings (SSSR count). The van der Waals surface area contributed by atoms with Gasteiger partial charge in [0.15, 0.2) is 16.7 Å². The lowest BCUT2D eigenvalue weighted by molar-refractivity contribution is -0.115. The van der Waals surface area contributed by atoms with Crippen molar-refractivity contribution < 1.29 is 14.3 Å². The van der Waals surface area contributed by atoms with Gasteiger partial charge in [0, 0.05) is 5.02 Å². The number of amidine groups is 1. The summed E-state index contributed by atoms with van der Waals surface area (Å²) in [6.45, 7) is 9.22. The van der Waals surface area contributed by atoms with Crippen LogP contribution in [0.3, 0.4) is 0 Å². The Morgan fingerprint density at radius 3 is 2.70 bits per heavy atom. The zero-order chi connectivity index (χ0) is 21.7. The van der Waals surface area contributed by atoms with Crippen molar-refractivity contribution in [3.8, 4) is 11.5 Å². The number of hydrogen-bond donors (Lipinski definition) is 1. The Hall–Kier alpha value is -2.44. The number of nitrogens with zero attached hydrogens (tertiary/aromatic N) is 1. The van der Waals surface area contributed by atoms with Gasteiger partial charge < -0.3 is 14.8 Å². The van der Waals surface area contributed by atoms with E-state index in [1.54, 1.807) is 6.07 Å². The van der Waals surface area contributed by atoms with Gasteiger partial charge in [-0.15, -0.1) is 0 Å². The maximum Gasteiger partial charge on any atom is 0.264 e. The Balaban J connectivity index is 1.82. The average Bonchev–Trinajstić information content (AvgIpc) is 3.03. The van der Waals surface area contributed by atoms with Crippen molar-refractivity contribution in [1.82, 2.24) is 5.32 Å². The van der Waals surface area contributed by atoms with Gasteiger partial charge in [0.2, 0.25) is 0 Å². The number of nitrogens with one attached hydrogen (secondary N) is 1. The number of rotatable bonds is 7. The summed E-state index contributed by atoms with van der Waals surface area (Å²) in [5.74, 6) is 1.60. The van der Waals surface area contributed by atoms with Crippen molar-refractivity contribution in [2.45, 2.75) is 27.7 Å². The van der Waals surface area contributed by atoms with Crippen LogP contribution >= 0.6 is 23.4 Å². The molecule has 1 aliphatic rings. The van der Waals surface area contributed by atoms with E-state index in [0.29, 0.717) is 45.7 Å². The molecule has 0 unspecified atom stereocenters. The van der Waals surface area contributed by atoms with Crippen LogP contribution in [0.25, 0.3) is 6.08 Å². The molecule has 0 radical (unpaired) electrons. The lowest BCUT2D eigenvalue weighted by atomic mass is 10.2. The van der Waals surface area contributed by atoms with Gasteiger partial charge in [0.05, 0.1) is 23.8 Å². The van der Waals surface area contributed by atoms with Crippen molar-refractivity contribution in [2.24, 2.45) is 10.9 Å². The molecule has 0 aromatic heterocycles. The minimum absolute atomic E-state index is 0.184. The molecule has 7 heteroatoms. The fourth-order valence-electron chi connectivity index (χ4n) is 2.70. The molecular formula is C23H25ClN2O3S. The highest BCUT2D eigenvalue weighted by molar-refractivity contribution is 8.18. The summed E-state index contributed by atoms with van der Waals surface area (Å²) >= 11 is 7.36. The van der Waals surface area contributed by atoms with Crippen molar-refractivity contribution in [1.29, 1.82) is 0 Å². The molecule has 0 aliphatic carbocycles. The van der Waals surface area contributed by atoms with Gasteiger partial charge in [-0.2, -0.15) is 0 Å². The zero-order valence-electron chi connectivity index (χ0n) is 17.5. The Morgan fingerprint density at radius 1 is 1.17 bits per heavy atom. The standard InChI is InChI=1S/C23H25ClN2O3S/c1-5-28-20-10-16(7-9-19(20)29-13-14(2)3)11-21-22(27)26-23(30-21)25-18-12-17(24)8-6-15(18)4/h6-12,14H,5,13H2,1-4H3,(H,25,26,27)/b21-11-. The van der Waals surface area contributed by atoms with Crippen molar-refractivity contribution in [3.63, 3.8) is 0 Å². The number of ether oxygens (including phenoxy) is 2. The number of carbonyl (C=O) groups excluding carboxylic acids is 1. The molecule has 158 valence electrons. The first kappa shape index (κ1) is 22.2. The third kappa shape index (κ3) is 5.80. The monoisotopic (exact) mass is 444 g/mol. The van der Waals surface area contributed by atoms with Crippen molar-refractivity contribution in [2.75, 3.05) is 13.2 Å². The largest absolute Gasteiger partial charge is 0.490 e. The van der Waals surface area contributed by atoms with Crippen LogP contribution in [0, 0.1) is 12.8 Å². The molecular weight excluding hydrogens is 420 g/mol. The number of hydrogen-bond acceptors (Lipinski definition) is 5. The van der Waals surface area contributed by atoms with E-state index in [1.165, 1.54) is 11.8 Å². The molecule has 2 aromatic rings. The number of halogens is 1. The van der Waals surface area contributed by atoms with Crippen LogP contribution in [0.4, 0.5) is 5.69 Å². The smallest absolute Gasteiger partial charge is 0.264 e. The average molecular weight is 445 g/mol. The Morgan fingerprint density at radius 2 is 1.97 bits per heavy atom. The van der Waals surface area contributed by atoms with E-state index in [1.807, 2.05) is 50.3 Å². The minimum atomic E-state index is -0.184. The molecule has 0 bridgehead atoms. The lowest BCUT2D eigenvalue weighted by Gasteiger charge is -2.14. The maximum atomic E-state index is 12.4. The molecule has 0 saturated carbocycles. The van der Waals surface area contributed by atoms with Gasteiger partial charge in [-0.25, -0.2) is 4.99 Å². The van der Waals surface area contributed by atoms with Crippen LogP contribution in [0.15, 0.2) is 46.3 Å². The van der Waals surface area contributed by atoms with Gasteiger partial charge in [-0.1, -0.05) is 37.6 Å². The van der Waals surface area contributed by atoms with Crippen LogP contribution in [0.5, 0.6) is 11.5 Å². The molecule has 5 nitrogen and oxygen atoms in total. The van der Waals surface area contributed by atoms with Crippen molar-refractivity contribution in [3.05, 3.63) is 57.5 Å². The van der Waals surface area contributed by atoms with Gasteiger partial charge in [0.25, 0.3) is 5.91 Å².